The number of nitrogens with zero attached hydrogens (tertiary/aromatic N) is 4. The van der Waals surface area contributed by atoms with Gasteiger partial charge in [0.05, 0.1) is 12.0 Å². The van der Waals surface area contributed by atoms with Gasteiger partial charge in [-0.25, -0.2) is 18.4 Å². The van der Waals surface area contributed by atoms with Gasteiger partial charge in [-0.2, -0.15) is 4.31 Å². The van der Waals surface area contributed by atoms with Crippen LogP contribution in [0.5, 0.6) is 0 Å². The molecule has 2 aromatic rings. The van der Waals surface area contributed by atoms with Crippen LogP contribution in [0, 0.1) is 6.92 Å². The number of nitrogens with one attached hydrogen (secondary N) is 1. The Morgan fingerprint density at radius 3 is 2.62 bits per heavy atom. The average Bonchev–Trinajstić information content (AvgIpc) is 3.04. The maximum absolute atomic E-state index is 13.1. The fraction of sp³-hybridized carbons (Fsp3) is 0.533. The minimum absolute atomic E-state index is 0.0610. The van der Waals surface area contributed by atoms with Crippen LogP contribution in [0.3, 0.4) is 0 Å². The van der Waals surface area contributed by atoms with Crippen molar-refractivity contribution in [1.29, 1.82) is 0 Å². The first kappa shape index (κ1) is 15.5. The summed E-state index contributed by atoms with van der Waals surface area (Å²) in [5.41, 5.74) is 1.19. The van der Waals surface area contributed by atoms with Gasteiger partial charge >= 0.3 is 0 Å². The summed E-state index contributed by atoms with van der Waals surface area (Å²) in [6.07, 6.45) is 5.41. The lowest BCUT2D eigenvalue weighted by Gasteiger charge is -2.25. The van der Waals surface area contributed by atoms with E-state index in [9.17, 15) is 13.2 Å². The van der Waals surface area contributed by atoms with Crippen molar-refractivity contribution >= 4 is 10.0 Å². The predicted molar refractivity (Wildman–Crippen MR) is 86.0 cm³/mol. The Morgan fingerprint density at radius 1 is 1.25 bits per heavy atom. The zero-order chi connectivity index (χ0) is 17.1. The number of aryl methyl sites for hydroxylation is 2. The highest BCUT2D eigenvalue weighted by atomic mass is 32.2. The van der Waals surface area contributed by atoms with E-state index < -0.39 is 10.0 Å². The maximum Gasteiger partial charge on any atom is 0.262 e. The second kappa shape index (κ2) is 5.25. The van der Waals surface area contributed by atoms with E-state index in [-0.39, 0.29) is 22.7 Å². The summed E-state index contributed by atoms with van der Waals surface area (Å²) in [6.45, 7) is 1.74. The fourth-order valence-electron chi connectivity index (χ4n) is 3.85. The van der Waals surface area contributed by atoms with Gasteiger partial charge in [-0.15, -0.1) is 0 Å². The highest BCUT2D eigenvalue weighted by Gasteiger charge is 2.45. The van der Waals surface area contributed by atoms with Crippen molar-refractivity contribution in [3.63, 3.8) is 0 Å². The van der Waals surface area contributed by atoms with Crippen molar-refractivity contribution in [2.75, 3.05) is 0 Å². The molecule has 2 atom stereocenters. The Kier molecular flexibility index (Phi) is 3.40. The molecule has 0 spiro atoms. The molecule has 1 N–H and O–H groups in total. The van der Waals surface area contributed by atoms with Gasteiger partial charge in [0.15, 0.2) is 5.03 Å². The summed E-state index contributed by atoms with van der Waals surface area (Å²) in [7, 11) is -1.94. The molecule has 9 heteroatoms. The van der Waals surface area contributed by atoms with Crippen LogP contribution in [-0.2, 0) is 29.9 Å². The van der Waals surface area contributed by atoms with Crippen molar-refractivity contribution in [3.8, 4) is 0 Å². The van der Waals surface area contributed by atoms with E-state index in [0.717, 1.165) is 18.5 Å². The summed E-state index contributed by atoms with van der Waals surface area (Å²) >= 11 is 0. The molecule has 2 aromatic heterocycles. The van der Waals surface area contributed by atoms with Crippen LogP contribution in [0.15, 0.2) is 22.3 Å². The van der Waals surface area contributed by atoms with Crippen LogP contribution in [-0.4, -0.2) is 44.3 Å². The molecule has 8 nitrogen and oxygen atoms in total. The van der Waals surface area contributed by atoms with E-state index in [0.29, 0.717) is 24.2 Å². The fourth-order valence-corrected chi connectivity index (χ4v) is 5.69. The van der Waals surface area contributed by atoms with Crippen molar-refractivity contribution in [2.45, 2.75) is 49.7 Å². The smallest absolute Gasteiger partial charge is 0.262 e. The molecule has 0 saturated carbocycles. The van der Waals surface area contributed by atoms with Crippen molar-refractivity contribution in [2.24, 2.45) is 7.05 Å². The van der Waals surface area contributed by atoms with Crippen LogP contribution >= 0.6 is 0 Å². The van der Waals surface area contributed by atoms with E-state index in [1.165, 1.54) is 12.5 Å². The van der Waals surface area contributed by atoms with E-state index in [1.54, 1.807) is 22.8 Å². The quantitative estimate of drug-likeness (QED) is 0.831. The lowest BCUT2D eigenvalue weighted by molar-refractivity contribution is 0.326. The minimum Gasteiger partial charge on any atom is -0.339 e. The van der Waals surface area contributed by atoms with E-state index in [2.05, 4.69) is 15.0 Å². The molecule has 24 heavy (non-hydrogen) atoms. The molecular weight excluding hydrogens is 330 g/mol. The number of hydrogen-bond donors (Lipinski definition) is 1. The van der Waals surface area contributed by atoms with Crippen molar-refractivity contribution < 1.29 is 8.42 Å². The van der Waals surface area contributed by atoms with Crippen LogP contribution in [0.1, 0.15) is 29.9 Å². The summed E-state index contributed by atoms with van der Waals surface area (Å²) < 4.78 is 29.3. The van der Waals surface area contributed by atoms with E-state index >= 15 is 0 Å². The zero-order valence-corrected chi connectivity index (χ0v) is 14.4. The number of imidazole rings is 1. The van der Waals surface area contributed by atoms with E-state index in [1.807, 2.05) is 0 Å². The molecule has 2 bridgehead atoms. The van der Waals surface area contributed by atoms with Gasteiger partial charge in [0, 0.05) is 37.3 Å². The van der Waals surface area contributed by atoms with Gasteiger partial charge in [-0.1, -0.05) is 0 Å². The van der Waals surface area contributed by atoms with Gasteiger partial charge in [-0.05, 0) is 26.2 Å². The van der Waals surface area contributed by atoms with Gasteiger partial charge < -0.3 is 9.55 Å². The first-order valence-electron chi connectivity index (χ1n) is 7.96. The SMILES string of the molecule is Cc1nc2c(c(=O)[nH]1)C[C@H]1CC[C@@H](C2)N1S(=O)(=O)c1cn(C)cn1. The summed E-state index contributed by atoms with van der Waals surface area (Å²) in [5, 5.41) is 0.0610. The number of fused-ring (bicyclic) bond motifs is 3. The molecule has 2 aliphatic heterocycles. The van der Waals surface area contributed by atoms with Crippen LogP contribution in [0.4, 0.5) is 0 Å². The zero-order valence-electron chi connectivity index (χ0n) is 13.6. The summed E-state index contributed by atoms with van der Waals surface area (Å²) in [5.74, 6) is 0.565. The standard InChI is InChI=1S/C15H19N5O3S/c1-9-17-13-6-11-4-3-10(5-12(13)15(21)18-9)20(11)24(22,23)14-7-19(2)8-16-14/h7-8,10-11H,3-6H2,1-2H3,(H,17,18,21)/t10-,11+/m1/s1. The van der Waals surface area contributed by atoms with Gasteiger partial charge in [0.1, 0.15) is 5.82 Å². The third-order valence-electron chi connectivity index (χ3n) is 4.86. The molecule has 0 amide bonds. The highest BCUT2D eigenvalue weighted by molar-refractivity contribution is 7.89. The van der Waals surface area contributed by atoms with Crippen LogP contribution in [0.2, 0.25) is 0 Å². The maximum atomic E-state index is 13.1. The molecule has 1 saturated heterocycles. The Balaban J connectivity index is 1.78. The molecule has 128 valence electrons. The average molecular weight is 349 g/mol. The van der Waals surface area contributed by atoms with Gasteiger partial charge in [0.2, 0.25) is 0 Å². The number of sulfonamides is 1. The molecule has 0 unspecified atom stereocenters. The molecule has 2 aliphatic rings. The minimum atomic E-state index is -3.68. The largest absolute Gasteiger partial charge is 0.339 e. The number of aromatic amines is 1. The molecule has 0 aromatic carbocycles. The Bertz CT molecular complexity index is 962. The number of aromatic nitrogens is 4. The summed E-state index contributed by atoms with van der Waals surface area (Å²) in [6, 6.07) is -0.384. The number of H-pyrrole nitrogens is 1. The van der Waals surface area contributed by atoms with E-state index in [4.69, 9.17) is 0 Å². The lowest BCUT2D eigenvalue weighted by atomic mass is 9.98. The van der Waals surface area contributed by atoms with Crippen LogP contribution < -0.4 is 5.56 Å². The third-order valence-corrected chi connectivity index (χ3v) is 6.75. The van der Waals surface area contributed by atoms with Gasteiger partial charge in [-0.3, -0.25) is 4.79 Å². The first-order chi connectivity index (χ1) is 11.4. The van der Waals surface area contributed by atoms with Crippen molar-refractivity contribution in [1.82, 2.24) is 23.8 Å². The predicted octanol–water partition coefficient (Wildman–Crippen LogP) is 0.132. The molecule has 1 fully saturated rings. The molecular formula is C15H19N5O3S. The lowest BCUT2D eigenvalue weighted by Crippen LogP contribution is -2.41. The normalized spacial score (nSPS) is 23.9. The van der Waals surface area contributed by atoms with Gasteiger partial charge in [0.25, 0.3) is 15.6 Å². The monoisotopic (exact) mass is 349 g/mol. The Labute approximate surface area is 139 Å². The van der Waals surface area contributed by atoms with Crippen LogP contribution in [0.25, 0.3) is 0 Å². The molecule has 4 rings (SSSR count). The highest BCUT2D eigenvalue weighted by Crippen LogP contribution is 2.36. The Morgan fingerprint density at radius 2 is 1.96 bits per heavy atom. The number of rotatable bonds is 2. The molecule has 4 heterocycles. The third kappa shape index (κ3) is 2.30. The summed E-state index contributed by atoms with van der Waals surface area (Å²) in [4.78, 5) is 23.5. The second-order valence-electron chi connectivity index (χ2n) is 6.58. The molecule has 0 radical (unpaired) electrons. The molecule has 0 aliphatic carbocycles. The second-order valence-corrected chi connectivity index (χ2v) is 8.37. The number of hydrogen-bond acceptors (Lipinski definition) is 5. The van der Waals surface area contributed by atoms with Crippen molar-refractivity contribution in [3.05, 3.63) is 40.0 Å². The first-order valence-corrected chi connectivity index (χ1v) is 9.40. The Hall–Kier alpha value is -2.00. The topological polar surface area (TPSA) is 101 Å².